The number of nitrogens with zero attached hydrogens (tertiary/aromatic N) is 1. The minimum Gasteiger partial charge on any atom is -0.355 e. The number of hydrogen-bond donors (Lipinski definition) is 1. The molecule has 0 saturated heterocycles. The van der Waals surface area contributed by atoms with Crippen LogP contribution in [0.3, 0.4) is 0 Å². The number of rotatable bonds is 4. The Morgan fingerprint density at radius 2 is 2.21 bits per heavy atom. The van der Waals surface area contributed by atoms with Gasteiger partial charge in [0.15, 0.2) is 5.78 Å². The number of aromatic nitrogens is 1. The summed E-state index contributed by atoms with van der Waals surface area (Å²) in [5, 5.41) is 11.6. The highest BCUT2D eigenvalue weighted by Crippen LogP contribution is 2.33. The molecule has 1 aromatic heterocycles. The fourth-order valence-corrected chi connectivity index (χ4v) is 2.59. The number of ketones is 1. The smallest absolute Gasteiger partial charge is 0.293 e. The van der Waals surface area contributed by atoms with Crippen LogP contribution < -0.4 is 0 Å². The van der Waals surface area contributed by atoms with Crippen LogP contribution in [0.15, 0.2) is 24.4 Å². The molecule has 1 aliphatic rings. The summed E-state index contributed by atoms with van der Waals surface area (Å²) in [5.41, 5.74) is 1.02. The first-order valence-electron chi connectivity index (χ1n) is 6.44. The molecule has 2 aromatic rings. The maximum Gasteiger partial charge on any atom is 0.293 e. The molecular weight excluding hydrogens is 244 g/mol. The Hall–Kier alpha value is -2.17. The van der Waals surface area contributed by atoms with Gasteiger partial charge in [-0.25, -0.2) is 0 Å². The Kier molecular flexibility index (Phi) is 2.81. The van der Waals surface area contributed by atoms with E-state index in [1.165, 1.54) is 12.5 Å². The molecule has 0 bridgehead atoms. The van der Waals surface area contributed by atoms with Crippen LogP contribution in [0.2, 0.25) is 0 Å². The van der Waals surface area contributed by atoms with Gasteiger partial charge in [-0.2, -0.15) is 0 Å². The number of carbonyl (C=O) groups is 1. The third-order valence-electron chi connectivity index (χ3n) is 3.89. The highest BCUT2D eigenvalue weighted by molar-refractivity contribution is 6.09. The number of Topliss-reactive ketones (excluding diaryl/α,β-unsaturated/α-hetero) is 1. The molecule has 3 rings (SSSR count). The highest BCUT2D eigenvalue weighted by Gasteiger charge is 2.24. The van der Waals surface area contributed by atoms with Gasteiger partial charge in [-0.3, -0.25) is 14.9 Å². The molecule has 19 heavy (non-hydrogen) atoms. The van der Waals surface area contributed by atoms with Crippen LogP contribution in [-0.4, -0.2) is 15.7 Å². The second-order valence-electron chi connectivity index (χ2n) is 5.08. The quantitative estimate of drug-likeness (QED) is 0.518. The van der Waals surface area contributed by atoms with Gasteiger partial charge in [-0.15, -0.1) is 0 Å². The molecule has 1 aromatic carbocycles. The minimum absolute atomic E-state index is 0.0141. The molecule has 1 saturated carbocycles. The normalized spacial score (nSPS) is 15.4. The molecule has 0 aliphatic heterocycles. The molecular formula is C14H14N2O3. The van der Waals surface area contributed by atoms with Crippen LogP contribution in [0, 0.1) is 16.0 Å². The van der Waals surface area contributed by atoms with Crippen molar-refractivity contribution in [2.45, 2.75) is 25.7 Å². The Morgan fingerprint density at radius 1 is 1.42 bits per heavy atom. The van der Waals surface area contributed by atoms with Crippen LogP contribution in [0.5, 0.6) is 0 Å². The number of nitro groups is 1. The van der Waals surface area contributed by atoms with E-state index in [9.17, 15) is 14.9 Å². The van der Waals surface area contributed by atoms with Crippen molar-refractivity contribution in [2.24, 2.45) is 5.92 Å². The average Bonchev–Trinajstić information content (AvgIpc) is 2.76. The summed E-state index contributed by atoms with van der Waals surface area (Å²) >= 11 is 0. The molecule has 0 amide bonds. The Labute approximate surface area is 109 Å². The monoisotopic (exact) mass is 258 g/mol. The van der Waals surface area contributed by atoms with Crippen LogP contribution in [0.25, 0.3) is 10.9 Å². The number of carbonyl (C=O) groups excluding carboxylic acids is 1. The lowest BCUT2D eigenvalue weighted by Gasteiger charge is -2.24. The topological polar surface area (TPSA) is 76.0 Å². The molecule has 1 fully saturated rings. The van der Waals surface area contributed by atoms with Crippen LogP contribution >= 0.6 is 0 Å². The first kappa shape index (κ1) is 11.9. The molecule has 1 aliphatic carbocycles. The summed E-state index contributed by atoms with van der Waals surface area (Å²) in [6, 6.07) is 4.82. The van der Waals surface area contributed by atoms with Crippen LogP contribution in [0.4, 0.5) is 5.69 Å². The van der Waals surface area contributed by atoms with Gasteiger partial charge in [0.05, 0.1) is 4.92 Å². The Bertz CT molecular complexity index is 656. The van der Waals surface area contributed by atoms with Crippen molar-refractivity contribution in [3.8, 4) is 0 Å². The van der Waals surface area contributed by atoms with Crippen molar-refractivity contribution >= 4 is 22.4 Å². The van der Waals surface area contributed by atoms with E-state index >= 15 is 0 Å². The summed E-state index contributed by atoms with van der Waals surface area (Å²) in [7, 11) is 0. The van der Waals surface area contributed by atoms with Crippen LogP contribution in [0.1, 0.15) is 36.0 Å². The molecule has 0 spiro atoms. The van der Waals surface area contributed by atoms with E-state index in [1.807, 2.05) is 0 Å². The molecule has 1 heterocycles. The Morgan fingerprint density at radius 3 is 2.84 bits per heavy atom. The van der Waals surface area contributed by atoms with E-state index in [2.05, 4.69) is 4.98 Å². The number of nitrogens with one attached hydrogen (secondary N) is 1. The number of non-ortho nitro benzene ring substituents is 1. The summed E-state index contributed by atoms with van der Waals surface area (Å²) in [6.07, 6.45) is 5.59. The molecule has 5 nitrogen and oxygen atoms in total. The second-order valence-corrected chi connectivity index (χ2v) is 5.08. The van der Waals surface area contributed by atoms with Gasteiger partial charge >= 0.3 is 0 Å². The maximum absolute atomic E-state index is 12.2. The fraction of sp³-hybridized carbons (Fsp3) is 0.357. The number of nitro benzene ring substituents is 1. The summed E-state index contributed by atoms with van der Waals surface area (Å²) in [5.74, 6) is 0.576. The van der Waals surface area contributed by atoms with Crippen molar-refractivity contribution in [2.75, 3.05) is 0 Å². The number of aromatic amines is 1. The van der Waals surface area contributed by atoms with Crippen LogP contribution in [-0.2, 0) is 0 Å². The van der Waals surface area contributed by atoms with E-state index in [0.717, 1.165) is 12.8 Å². The molecule has 1 N–H and O–H groups in total. The van der Waals surface area contributed by atoms with Crippen molar-refractivity contribution in [3.05, 3.63) is 40.1 Å². The number of para-hydroxylation sites is 1. The number of hydrogen-bond acceptors (Lipinski definition) is 3. The largest absolute Gasteiger partial charge is 0.355 e. The van der Waals surface area contributed by atoms with Gasteiger partial charge in [0.1, 0.15) is 5.52 Å². The standard InChI is InChI=1S/C14H14N2O3/c17-13(7-9-3-1-4-9)11-8-15-14-10(11)5-2-6-12(14)16(18)19/h2,5-6,8-9,15H,1,3-4,7H2. The lowest BCUT2D eigenvalue weighted by Crippen LogP contribution is -2.15. The van der Waals surface area contributed by atoms with Gasteiger partial charge in [0.25, 0.3) is 5.69 Å². The lowest BCUT2D eigenvalue weighted by atomic mass is 9.81. The number of H-pyrrole nitrogens is 1. The van der Waals surface area contributed by atoms with Crippen molar-refractivity contribution in [1.82, 2.24) is 4.98 Å². The zero-order valence-electron chi connectivity index (χ0n) is 10.4. The van der Waals surface area contributed by atoms with Gasteiger partial charge in [0, 0.05) is 29.6 Å². The second kappa shape index (κ2) is 4.50. The fourth-order valence-electron chi connectivity index (χ4n) is 2.59. The SMILES string of the molecule is O=C(CC1CCC1)c1c[nH]c2c([N+](=O)[O-])cccc12. The molecule has 0 radical (unpaired) electrons. The van der Waals surface area contributed by atoms with E-state index < -0.39 is 4.92 Å². The van der Waals surface area contributed by atoms with Gasteiger partial charge in [-0.05, 0) is 5.92 Å². The summed E-state index contributed by atoms with van der Waals surface area (Å²) < 4.78 is 0. The lowest BCUT2D eigenvalue weighted by molar-refractivity contribution is -0.383. The zero-order chi connectivity index (χ0) is 13.4. The molecule has 0 unspecified atom stereocenters. The third-order valence-corrected chi connectivity index (χ3v) is 3.89. The summed E-state index contributed by atoms with van der Waals surface area (Å²) in [4.78, 5) is 25.6. The summed E-state index contributed by atoms with van der Waals surface area (Å²) in [6.45, 7) is 0. The van der Waals surface area contributed by atoms with E-state index in [1.54, 1.807) is 18.3 Å². The maximum atomic E-state index is 12.2. The first-order chi connectivity index (χ1) is 9.16. The van der Waals surface area contributed by atoms with Gasteiger partial charge in [-0.1, -0.05) is 31.4 Å². The Balaban J connectivity index is 1.98. The average molecular weight is 258 g/mol. The highest BCUT2D eigenvalue weighted by atomic mass is 16.6. The van der Waals surface area contributed by atoms with E-state index in [4.69, 9.17) is 0 Å². The number of benzene rings is 1. The third kappa shape index (κ3) is 2.01. The van der Waals surface area contributed by atoms with Crippen molar-refractivity contribution in [1.29, 1.82) is 0 Å². The van der Waals surface area contributed by atoms with E-state index in [-0.39, 0.29) is 11.5 Å². The molecule has 5 heteroatoms. The van der Waals surface area contributed by atoms with E-state index in [0.29, 0.717) is 28.8 Å². The zero-order valence-corrected chi connectivity index (χ0v) is 10.4. The molecule has 0 atom stereocenters. The first-order valence-corrected chi connectivity index (χ1v) is 6.44. The number of fused-ring (bicyclic) bond motifs is 1. The minimum atomic E-state index is -0.432. The van der Waals surface area contributed by atoms with Gasteiger partial charge in [0.2, 0.25) is 0 Å². The predicted octanol–water partition coefficient (Wildman–Crippen LogP) is 3.45. The van der Waals surface area contributed by atoms with Gasteiger partial charge < -0.3 is 4.98 Å². The van der Waals surface area contributed by atoms with Crippen molar-refractivity contribution in [3.63, 3.8) is 0 Å². The molecule has 98 valence electrons. The van der Waals surface area contributed by atoms with Crippen molar-refractivity contribution < 1.29 is 9.72 Å². The predicted molar refractivity (Wildman–Crippen MR) is 71.2 cm³/mol.